The smallest absolute Gasteiger partial charge is 0.228 e. The number of nitrogens with zero attached hydrogens (tertiary/aromatic N) is 3. The van der Waals surface area contributed by atoms with E-state index >= 15 is 0 Å². The van der Waals surface area contributed by atoms with Crippen LogP contribution in [0.4, 0.5) is 5.69 Å². The zero-order chi connectivity index (χ0) is 20.7. The Labute approximate surface area is 183 Å². The maximum Gasteiger partial charge on any atom is 0.228 e. The Kier molecular flexibility index (Phi) is 5.06. The van der Waals surface area contributed by atoms with Crippen LogP contribution in [0.3, 0.4) is 0 Å². The van der Waals surface area contributed by atoms with Gasteiger partial charge in [-0.2, -0.15) is 0 Å². The van der Waals surface area contributed by atoms with E-state index in [9.17, 15) is 9.59 Å². The molecular weight excluding hydrogens is 446 g/mol. The van der Waals surface area contributed by atoms with E-state index in [4.69, 9.17) is 4.42 Å². The molecule has 7 heteroatoms. The van der Waals surface area contributed by atoms with Crippen LogP contribution in [0, 0.1) is 5.92 Å². The molecule has 0 radical (unpaired) electrons. The number of carbonyl (C=O) groups excluding carboxylic acids is 2. The summed E-state index contributed by atoms with van der Waals surface area (Å²) in [5.74, 6) is 0.781. The number of anilines is 1. The number of hydrogen-bond donors (Lipinski definition) is 0. The number of likely N-dealkylation sites (tertiary alicyclic amines) is 1. The first-order valence-corrected chi connectivity index (χ1v) is 11.1. The molecule has 6 nitrogen and oxygen atoms in total. The van der Waals surface area contributed by atoms with Crippen molar-refractivity contribution in [2.75, 3.05) is 24.5 Å². The van der Waals surface area contributed by atoms with Gasteiger partial charge in [-0.25, -0.2) is 4.98 Å². The molecule has 2 aliphatic heterocycles. The molecule has 154 valence electrons. The summed E-state index contributed by atoms with van der Waals surface area (Å²) in [6.07, 6.45) is 1.92. The second-order valence-corrected chi connectivity index (χ2v) is 8.83. The van der Waals surface area contributed by atoms with Gasteiger partial charge in [0.05, 0.1) is 11.6 Å². The number of rotatable bonds is 3. The SMILES string of the molecule is O=C(C1CC(=O)N(c2ccccc2Br)C1)N1CCC(c2nc3ccccc3o2)CC1. The summed E-state index contributed by atoms with van der Waals surface area (Å²) in [7, 11) is 0. The maximum atomic E-state index is 13.1. The van der Waals surface area contributed by atoms with Crippen LogP contribution in [0.5, 0.6) is 0 Å². The lowest BCUT2D eigenvalue weighted by molar-refractivity contribution is -0.136. The van der Waals surface area contributed by atoms with E-state index in [0.29, 0.717) is 19.6 Å². The van der Waals surface area contributed by atoms with E-state index in [1.165, 1.54) is 0 Å². The highest BCUT2D eigenvalue weighted by Gasteiger charge is 2.39. The van der Waals surface area contributed by atoms with Crippen molar-refractivity contribution in [2.45, 2.75) is 25.2 Å². The summed E-state index contributed by atoms with van der Waals surface area (Å²) in [5.41, 5.74) is 2.51. The Morgan fingerprint density at radius 3 is 2.57 bits per heavy atom. The van der Waals surface area contributed by atoms with E-state index < -0.39 is 0 Å². The molecule has 30 heavy (non-hydrogen) atoms. The minimum atomic E-state index is -0.287. The Bertz CT molecular complexity index is 1070. The van der Waals surface area contributed by atoms with Gasteiger partial charge < -0.3 is 14.2 Å². The van der Waals surface area contributed by atoms with Crippen molar-refractivity contribution in [2.24, 2.45) is 5.92 Å². The minimum Gasteiger partial charge on any atom is -0.440 e. The van der Waals surface area contributed by atoms with Gasteiger partial charge in [-0.05, 0) is 53.0 Å². The zero-order valence-electron chi connectivity index (χ0n) is 16.5. The van der Waals surface area contributed by atoms with Crippen molar-refractivity contribution in [1.82, 2.24) is 9.88 Å². The van der Waals surface area contributed by atoms with Crippen LogP contribution < -0.4 is 4.90 Å². The van der Waals surface area contributed by atoms with Crippen molar-refractivity contribution >= 4 is 44.5 Å². The molecule has 1 atom stereocenters. The fourth-order valence-electron chi connectivity index (χ4n) is 4.45. The molecular formula is C23H22BrN3O3. The van der Waals surface area contributed by atoms with Gasteiger partial charge in [0.15, 0.2) is 11.5 Å². The average Bonchev–Trinajstić information content (AvgIpc) is 3.37. The van der Waals surface area contributed by atoms with Crippen molar-refractivity contribution in [3.8, 4) is 0 Å². The van der Waals surface area contributed by atoms with Crippen LogP contribution in [0.2, 0.25) is 0 Å². The minimum absolute atomic E-state index is 0.00149. The molecule has 2 saturated heterocycles. The van der Waals surface area contributed by atoms with E-state index in [1.54, 1.807) is 4.90 Å². The number of oxazole rings is 1. The first kappa shape index (κ1) is 19.3. The molecule has 1 unspecified atom stereocenters. The van der Waals surface area contributed by atoms with E-state index in [-0.39, 0.29) is 30.1 Å². The normalized spacial score (nSPS) is 20.3. The van der Waals surface area contributed by atoms with Gasteiger partial charge in [0, 0.05) is 36.4 Å². The zero-order valence-corrected chi connectivity index (χ0v) is 18.0. The van der Waals surface area contributed by atoms with Gasteiger partial charge in [-0.1, -0.05) is 24.3 Å². The molecule has 0 bridgehead atoms. The van der Waals surface area contributed by atoms with E-state index in [0.717, 1.165) is 40.0 Å². The van der Waals surface area contributed by atoms with Gasteiger partial charge in [-0.15, -0.1) is 0 Å². The topological polar surface area (TPSA) is 66.7 Å². The number of hydrogen-bond acceptors (Lipinski definition) is 4. The quantitative estimate of drug-likeness (QED) is 0.574. The highest BCUT2D eigenvalue weighted by Crippen LogP contribution is 2.34. The second-order valence-electron chi connectivity index (χ2n) is 7.98. The molecule has 2 aliphatic rings. The lowest BCUT2D eigenvalue weighted by atomic mass is 9.95. The predicted octanol–water partition coefficient (Wildman–Crippen LogP) is 4.35. The molecule has 0 N–H and O–H groups in total. The second kappa shape index (κ2) is 7.87. The standard InChI is InChI=1S/C23H22BrN3O3/c24-17-5-1-3-7-19(17)27-14-16(13-21(27)28)23(29)26-11-9-15(10-12-26)22-25-18-6-2-4-8-20(18)30-22/h1-8,15-16H,9-14H2. The molecule has 2 amide bonds. The van der Waals surface area contributed by atoms with Gasteiger partial charge in [0.2, 0.25) is 11.8 Å². The molecule has 3 aromatic rings. The number of amides is 2. The van der Waals surface area contributed by atoms with Crippen LogP contribution in [-0.4, -0.2) is 41.3 Å². The van der Waals surface area contributed by atoms with Gasteiger partial charge >= 0.3 is 0 Å². The highest BCUT2D eigenvalue weighted by molar-refractivity contribution is 9.10. The van der Waals surface area contributed by atoms with E-state index in [2.05, 4.69) is 20.9 Å². The van der Waals surface area contributed by atoms with Crippen LogP contribution in [0.15, 0.2) is 57.4 Å². The number of aromatic nitrogens is 1. The average molecular weight is 468 g/mol. The number of halogens is 1. The molecule has 0 saturated carbocycles. The maximum absolute atomic E-state index is 13.1. The van der Waals surface area contributed by atoms with Gasteiger partial charge in [-0.3, -0.25) is 9.59 Å². The number of benzene rings is 2. The summed E-state index contributed by atoms with van der Waals surface area (Å²) in [5, 5.41) is 0. The van der Waals surface area contributed by atoms with E-state index in [1.807, 2.05) is 53.4 Å². The van der Waals surface area contributed by atoms with Crippen molar-refractivity contribution in [1.29, 1.82) is 0 Å². The van der Waals surface area contributed by atoms with Crippen LogP contribution in [0.1, 0.15) is 31.1 Å². The summed E-state index contributed by atoms with van der Waals surface area (Å²) in [4.78, 5) is 33.9. The molecule has 0 aliphatic carbocycles. The Balaban J connectivity index is 1.23. The fraction of sp³-hybridized carbons (Fsp3) is 0.348. The summed E-state index contributed by atoms with van der Waals surface area (Å²) < 4.78 is 6.79. The lowest BCUT2D eigenvalue weighted by Crippen LogP contribution is -2.42. The van der Waals surface area contributed by atoms with Crippen molar-refractivity contribution in [3.63, 3.8) is 0 Å². The Morgan fingerprint density at radius 2 is 1.80 bits per heavy atom. The predicted molar refractivity (Wildman–Crippen MR) is 117 cm³/mol. The Morgan fingerprint density at radius 1 is 1.07 bits per heavy atom. The lowest BCUT2D eigenvalue weighted by Gasteiger charge is -2.32. The molecule has 3 heterocycles. The number of piperidine rings is 1. The Hall–Kier alpha value is -2.67. The van der Waals surface area contributed by atoms with Crippen LogP contribution in [0.25, 0.3) is 11.1 Å². The molecule has 2 fully saturated rings. The molecule has 5 rings (SSSR count). The number of carbonyl (C=O) groups is 2. The monoisotopic (exact) mass is 467 g/mol. The number of fused-ring (bicyclic) bond motifs is 1. The molecule has 0 spiro atoms. The van der Waals surface area contributed by atoms with Crippen LogP contribution >= 0.6 is 15.9 Å². The first-order chi connectivity index (χ1) is 14.6. The van der Waals surface area contributed by atoms with Crippen molar-refractivity contribution < 1.29 is 14.0 Å². The first-order valence-electron chi connectivity index (χ1n) is 10.3. The fourth-order valence-corrected chi connectivity index (χ4v) is 4.94. The summed E-state index contributed by atoms with van der Waals surface area (Å²) in [6.45, 7) is 1.77. The molecule has 2 aromatic carbocycles. The van der Waals surface area contributed by atoms with Gasteiger partial charge in [0.1, 0.15) is 5.52 Å². The summed E-state index contributed by atoms with van der Waals surface area (Å²) >= 11 is 3.50. The van der Waals surface area contributed by atoms with Crippen LogP contribution in [-0.2, 0) is 9.59 Å². The number of para-hydroxylation sites is 3. The molecule has 1 aromatic heterocycles. The highest BCUT2D eigenvalue weighted by atomic mass is 79.9. The third-order valence-electron chi connectivity index (χ3n) is 6.08. The van der Waals surface area contributed by atoms with Gasteiger partial charge in [0.25, 0.3) is 0 Å². The third kappa shape index (κ3) is 3.51. The summed E-state index contributed by atoms with van der Waals surface area (Å²) in [6, 6.07) is 15.4. The van der Waals surface area contributed by atoms with Crippen molar-refractivity contribution in [3.05, 3.63) is 58.9 Å². The largest absolute Gasteiger partial charge is 0.440 e. The third-order valence-corrected chi connectivity index (χ3v) is 6.75.